The normalized spacial score (nSPS) is 12.4. The predicted octanol–water partition coefficient (Wildman–Crippen LogP) is 3.03. The molecule has 0 aliphatic heterocycles. The molecular formula is C13H7F6N7S. The number of aromatic nitrogens is 6. The summed E-state index contributed by atoms with van der Waals surface area (Å²) in [6, 6.07) is 3.48. The van der Waals surface area contributed by atoms with E-state index in [0.717, 1.165) is 0 Å². The van der Waals surface area contributed by atoms with Gasteiger partial charge in [0.25, 0.3) is 5.82 Å². The first-order valence-electron chi connectivity index (χ1n) is 6.88. The summed E-state index contributed by atoms with van der Waals surface area (Å²) in [7, 11) is 0. The summed E-state index contributed by atoms with van der Waals surface area (Å²) in [4.78, 5) is 11.1. The number of nitrogens with zero attached hydrogens (tertiary/aromatic N) is 6. The standard InChI is InChI=1S/C13H7F6N7S/c14-12(15,16)7-4-8(23-9(22-7)6-2-1-3-21-5-6)27-11-25-24-10(26(11)20)13(17,18)19/h1-5H,20H2. The third kappa shape index (κ3) is 4.10. The zero-order chi connectivity index (χ0) is 19.8. The quantitative estimate of drug-likeness (QED) is 0.405. The maximum absolute atomic E-state index is 13.1. The summed E-state index contributed by atoms with van der Waals surface area (Å²) in [6.45, 7) is 0. The maximum Gasteiger partial charge on any atom is 0.453 e. The first kappa shape index (κ1) is 18.9. The molecule has 0 saturated heterocycles. The van der Waals surface area contributed by atoms with E-state index < -0.39 is 29.0 Å². The highest BCUT2D eigenvalue weighted by molar-refractivity contribution is 7.99. The zero-order valence-electron chi connectivity index (χ0n) is 12.8. The van der Waals surface area contributed by atoms with Gasteiger partial charge in [0.05, 0.1) is 0 Å². The monoisotopic (exact) mass is 407 g/mol. The van der Waals surface area contributed by atoms with Crippen molar-refractivity contribution in [1.82, 2.24) is 29.8 Å². The molecule has 0 spiro atoms. The van der Waals surface area contributed by atoms with Crippen LogP contribution in [0.15, 0.2) is 40.8 Å². The zero-order valence-corrected chi connectivity index (χ0v) is 13.6. The Bertz CT molecular complexity index is 954. The number of hydrogen-bond acceptors (Lipinski definition) is 7. The van der Waals surface area contributed by atoms with Crippen LogP contribution in [0, 0.1) is 0 Å². The van der Waals surface area contributed by atoms with E-state index in [-0.39, 0.29) is 21.1 Å². The Balaban J connectivity index is 2.04. The average molecular weight is 407 g/mol. The minimum atomic E-state index is -4.87. The third-order valence-electron chi connectivity index (χ3n) is 3.03. The fourth-order valence-corrected chi connectivity index (χ4v) is 2.64. The highest BCUT2D eigenvalue weighted by Crippen LogP contribution is 2.35. The van der Waals surface area contributed by atoms with Gasteiger partial charge in [0.2, 0.25) is 5.16 Å². The minimum Gasteiger partial charge on any atom is -0.335 e. The van der Waals surface area contributed by atoms with Crippen molar-refractivity contribution in [1.29, 1.82) is 0 Å². The van der Waals surface area contributed by atoms with E-state index in [1.54, 1.807) is 0 Å². The van der Waals surface area contributed by atoms with Crippen LogP contribution in [-0.2, 0) is 12.4 Å². The van der Waals surface area contributed by atoms with Gasteiger partial charge in [-0.1, -0.05) is 0 Å². The number of rotatable bonds is 3. The Morgan fingerprint density at radius 3 is 2.30 bits per heavy atom. The Labute approximate surface area is 150 Å². The van der Waals surface area contributed by atoms with Crippen LogP contribution in [-0.4, -0.2) is 29.8 Å². The van der Waals surface area contributed by atoms with Gasteiger partial charge in [0, 0.05) is 24.0 Å². The summed E-state index contributed by atoms with van der Waals surface area (Å²) in [5.41, 5.74) is -1.09. The number of nitrogens with two attached hydrogens (primary N) is 1. The molecule has 0 aromatic carbocycles. The van der Waals surface area contributed by atoms with Crippen LogP contribution >= 0.6 is 11.8 Å². The molecule has 3 aromatic rings. The minimum absolute atomic E-state index is 0.129. The van der Waals surface area contributed by atoms with Crippen molar-refractivity contribution in [2.24, 2.45) is 0 Å². The molecule has 0 unspecified atom stereocenters. The van der Waals surface area contributed by atoms with Gasteiger partial charge >= 0.3 is 12.4 Å². The second-order valence-corrected chi connectivity index (χ2v) is 5.92. The molecular weight excluding hydrogens is 400 g/mol. The first-order valence-corrected chi connectivity index (χ1v) is 7.69. The van der Waals surface area contributed by atoms with Crippen LogP contribution in [0.2, 0.25) is 0 Å². The lowest BCUT2D eigenvalue weighted by molar-refractivity contribution is -0.146. The summed E-state index contributed by atoms with van der Waals surface area (Å²) in [6.07, 6.45) is -7.02. The van der Waals surface area contributed by atoms with Crippen molar-refractivity contribution < 1.29 is 26.3 Å². The third-order valence-corrected chi connectivity index (χ3v) is 3.91. The molecule has 0 bridgehead atoms. The van der Waals surface area contributed by atoms with Gasteiger partial charge in [-0.2, -0.15) is 26.3 Å². The summed E-state index contributed by atoms with van der Waals surface area (Å²) in [5, 5.41) is 5.34. The summed E-state index contributed by atoms with van der Waals surface area (Å²) in [5.74, 6) is 3.48. The van der Waals surface area contributed by atoms with Crippen molar-refractivity contribution in [3.05, 3.63) is 42.1 Å². The molecule has 0 saturated carbocycles. The van der Waals surface area contributed by atoms with Gasteiger partial charge in [-0.05, 0) is 23.9 Å². The second kappa shape index (κ2) is 6.68. The van der Waals surface area contributed by atoms with E-state index in [2.05, 4.69) is 25.1 Å². The van der Waals surface area contributed by atoms with Gasteiger partial charge in [-0.3, -0.25) is 4.98 Å². The molecule has 0 fully saturated rings. The van der Waals surface area contributed by atoms with E-state index in [4.69, 9.17) is 5.84 Å². The molecule has 0 radical (unpaired) electrons. The first-order chi connectivity index (χ1) is 12.6. The molecule has 3 aromatic heterocycles. The summed E-state index contributed by atoms with van der Waals surface area (Å²) >= 11 is 0.383. The number of nitrogen functional groups attached to an aromatic ring is 1. The Morgan fingerprint density at radius 2 is 1.74 bits per heavy atom. The van der Waals surface area contributed by atoms with Gasteiger partial charge in [0.1, 0.15) is 10.7 Å². The number of alkyl halides is 6. The average Bonchev–Trinajstić information content (AvgIpc) is 2.95. The van der Waals surface area contributed by atoms with Crippen molar-refractivity contribution in [3.63, 3.8) is 0 Å². The molecule has 3 heterocycles. The van der Waals surface area contributed by atoms with Gasteiger partial charge in [-0.25, -0.2) is 14.6 Å². The van der Waals surface area contributed by atoms with Gasteiger partial charge in [0.15, 0.2) is 5.82 Å². The molecule has 3 rings (SSSR count). The lowest BCUT2D eigenvalue weighted by atomic mass is 10.2. The molecule has 0 amide bonds. The van der Waals surface area contributed by atoms with Gasteiger partial charge < -0.3 is 5.84 Å². The predicted molar refractivity (Wildman–Crippen MR) is 79.6 cm³/mol. The second-order valence-electron chi connectivity index (χ2n) is 4.93. The van der Waals surface area contributed by atoms with Crippen LogP contribution < -0.4 is 5.84 Å². The molecule has 0 aliphatic carbocycles. The molecule has 14 heteroatoms. The smallest absolute Gasteiger partial charge is 0.335 e. The van der Waals surface area contributed by atoms with Crippen molar-refractivity contribution >= 4 is 11.8 Å². The lowest BCUT2D eigenvalue weighted by Gasteiger charge is -2.10. The molecule has 0 aliphatic rings. The van der Waals surface area contributed by atoms with Crippen LogP contribution in [0.5, 0.6) is 0 Å². The van der Waals surface area contributed by atoms with E-state index >= 15 is 0 Å². The fourth-order valence-electron chi connectivity index (χ4n) is 1.88. The maximum atomic E-state index is 13.1. The Kier molecular flexibility index (Phi) is 4.67. The molecule has 27 heavy (non-hydrogen) atoms. The van der Waals surface area contributed by atoms with Crippen LogP contribution in [0.4, 0.5) is 26.3 Å². The van der Waals surface area contributed by atoms with E-state index in [9.17, 15) is 26.3 Å². The number of pyridine rings is 1. The molecule has 2 N–H and O–H groups in total. The Hall–Kier alpha value is -2.90. The molecule has 7 nitrogen and oxygen atoms in total. The largest absolute Gasteiger partial charge is 0.453 e. The van der Waals surface area contributed by atoms with Crippen molar-refractivity contribution in [2.75, 3.05) is 5.84 Å². The van der Waals surface area contributed by atoms with Crippen molar-refractivity contribution in [2.45, 2.75) is 22.5 Å². The van der Waals surface area contributed by atoms with E-state index in [0.29, 0.717) is 17.8 Å². The lowest BCUT2D eigenvalue weighted by Crippen LogP contribution is -2.21. The molecule has 142 valence electrons. The topological polar surface area (TPSA) is 95.4 Å². The highest BCUT2D eigenvalue weighted by Gasteiger charge is 2.39. The SMILES string of the molecule is Nn1c(Sc2cc(C(F)(F)F)nc(-c3cccnc3)n2)nnc1C(F)(F)F. The highest BCUT2D eigenvalue weighted by atomic mass is 32.2. The van der Waals surface area contributed by atoms with E-state index in [1.807, 2.05) is 0 Å². The van der Waals surface area contributed by atoms with Gasteiger partial charge in [-0.15, -0.1) is 10.2 Å². The fraction of sp³-hybridized carbons (Fsp3) is 0.154. The van der Waals surface area contributed by atoms with Crippen LogP contribution in [0.3, 0.4) is 0 Å². The molecule has 0 atom stereocenters. The number of halogens is 6. The van der Waals surface area contributed by atoms with Crippen LogP contribution in [0.1, 0.15) is 11.5 Å². The van der Waals surface area contributed by atoms with E-state index in [1.165, 1.54) is 24.5 Å². The Morgan fingerprint density at radius 1 is 1.00 bits per heavy atom. The van der Waals surface area contributed by atoms with Crippen LogP contribution in [0.25, 0.3) is 11.4 Å². The number of hydrogen-bond donors (Lipinski definition) is 1. The summed E-state index contributed by atoms with van der Waals surface area (Å²) < 4.78 is 77.6. The van der Waals surface area contributed by atoms with Crippen molar-refractivity contribution in [3.8, 4) is 11.4 Å².